The molecule has 1 aromatic carbocycles. The minimum Gasteiger partial charge on any atom is -0.495 e. The molecule has 1 fully saturated rings. The Morgan fingerprint density at radius 2 is 1.70 bits per heavy atom. The minimum atomic E-state index is -0.134. The van der Waals surface area contributed by atoms with Crippen molar-refractivity contribution in [2.45, 2.75) is 13.8 Å². The minimum absolute atomic E-state index is 0.134. The molecule has 2 aromatic heterocycles. The van der Waals surface area contributed by atoms with Crippen molar-refractivity contribution in [3.63, 3.8) is 0 Å². The van der Waals surface area contributed by atoms with Crippen LogP contribution in [0.5, 0.6) is 5.75 Å². The molecule has 1 saturated heterocycles. The number of nitrogens with one attached hydrogen (secondary N) is 1. The summed E-state index contributed by atoms with van der Waals surface area (Å²) in [6.45, 7) is 6.52. The number of benzene rings is 1. The van der Waals surface area contributed by atoms with Gasteiger partial charge in [0.25, 0.3) is 0 Å². The van der Waals surface area contributed by atoms with Crippen molar-refractivity contribution in [2.75, 3.05) is 43.5 Å². The first-order valence-corrected chi connectivity index (χ1v) is 9.86. The molecule has 3 heterocycles. The highest BCUT2D eigenvalue weighted by Gasteiger charge is 2.23. The molecule has 1 N–H and O–H groups in total. The molecule has 30 heavy (non-hydrogen) atoms. The van der Waals surface area contributed by atoms with Gasteiger partial charge in [-0.05, 0) is 44.2 Å². The third-order valence-corrected chi connectivity index (χ3v) is 5.10. The first-order chi connectivity index (χ1) is 14.5. The summed E-state index contributed by atoms with van der Waals surface area (Å²) in [5.41, 5.74) is 2.63. The summed E-state index contributed by atoms with van der Waals surface area (Å²) in [5.74, 6) is 2.13. The first kappa shape index (κ1) is 19.7. The molecule has 4 rings (SSSR count). The zero-order valence-electron chi connectivity index (χ0n) is 17.4. The van der Waals surface area contributed by atoms with Gasteiger partial charge in [0.1, 0.15) is 5.75 Å². The van der Waals surface area contributed by atoms with Crippen LogP contribution in [-0.4, -0.2) is 64.2 Å². The van der Waals surface area contributed by atoms with Crippen molar-refractivity contribution in [1.82, 2.24) is 24.9 Å². The SMILES string of the molecule is COc1ccccc1NC(=O)N1CCN(c2ccc(-n3nc(C)cc3C)nn2)CC1. The number of urea groups is 1. The highest BCUT2D eigenvalue weighted by Crippen LogP contribution is 2.23. The fourth-order valence-electron chi connectivity index (χ4n) is 3.54. The van der Waals surface area contributed by atoms with Crippen molar-refractivity contribution in [1.29, 1.82) is 0 Å². The van der Waals surface area contributed by atoms with Gasteiger partial charge in [0.15, 0.2) is 11.6 Å². The number of amides is 2. The summed E-state index contributed by atoms with van der Waals surface area (Å²) in [5, 5.41) is 16.1. The zero-order valence-corrected chi connectivity index (χ0v) is 17.4. The van der Waals surface area contributed by atoms with E-state index in [1.807, 2.05) is 56.3 Å². The van der Waals surface area contributed by atoms with E-state index in [4.69, 9.17) is 4.74 Å². The average Bonchev–Trinajstić information content (AvgIpc) is 3.12. The van der Waals surface area contributed by atoms with Gasteiger partial charge in [-0.2, -0.15) is 5.10 Å². The number of aromatic nitrogens is 4. The van der Waals surface area contributed by atoms with E-state index in [1.54, 1.807) is 16.7 Å². The van der Waals surface area contributed by atoms with Crippen LogP contribution >= 0.6 is 0 Å². The highest BCUT2D eigenvalue weighted by atomic mass is 16.5. The second-order valence-electron chi connectivity index (χ2n) is 7.19. The number of carbonyl (C=O) groups is 1. The molecule has 0 unspecified atom stereocenters. The number of hydrogen-bond donors (Lipinski definition) is 1. The smallest absolute Gasteiger partial charge is 0.322 e. The van der Waals surface area contributed by atoms with Crippen LogP contribution in [0.1, 0.15) is 11.4 Å². The summed E-state index contributed by atoms with van der Waals surface area (Å²) in [6.07, 6.45) is 0. The Hall–Kier alpha value is -3.62. The zero-order chi connectivity index (χ0) is 21.1. The number of carbonyl (C=O) groups excluding carboxylic acids is 1. The highest BCUT2D eigenvalue weighted by molar-refractivity contribution is 5.91. The maximum Gasteiger partial charge on any atom is 0.322 e. The van der Waals surface area contributed by atoms with Crippen LogP contribution in [0, 0.1) is 13.8 Å². The average molecular weight is 407 g/mol. The summed E-state index contributed by atoms with van der Waals surface area (Å²) in [4.78, 5) is 16.5. The van der Waals surface area contributed by atoms with Crippen LogP contribution in [0.4, 0.5) is 16.3 Å². The maximum atomic E-state index is 12.6. The Morgan fingerprint density at radius 1 is 1.00 bits per heavy atom. The standard InChI is InChI=1S/C21H25N7O2/c1-15-14-16(2)28(25-15)20-9-8-19(23-24-20)26-10-12-27(13-11-26)21(29)22-17-6-4-5-7-18(17)30-3/h4-9,14H,10-13H2,1-3H3,(H,22,29). The van der Waals surface area contributed by atoms with Crippen LogP contribution in [0.15, 0.2) is 42.5 Å². The molecule has 156 valence electrons. The summed E-state index contributed by atoms with van der Waals surface area (Å²) in [6, 6.07) is 13.1. The van der Waals surface area contributed by atoms with Gasteiger partial charge >= 0.3 is 6.03 Å². The molecule has 3 aromatic rings. The molecule has 1 aliphatic heterocycles. The van der Waals surface area contributed by atoms with E-state index < -0.39 is 0 Å². The molecule has 0 aliphatic carbocycles. The van der Waals surface area contributed by atoms with E-state index in [-0.39, 0.29) is 6.03 Å². The lowest BCUT2D eigenvalue weighted by atomic mass is 10.3. The second kappa shape index (κ2) is 8.40. The van der Waals surface area contributed by atoms with E-state index in [0.29, 0.717) is 43.4 Å². The Kier molecular flexibility index (Phi) is 5.51. The maximum absolute atomic E-state index is 12.6. The molecule has 0 spiro atoms. The van der Waals surface area contributed by atoms with E-state index in [0.717, 1.165) is 17.2 Å². The lowest BCUT2D eigenvalue weighted by Crippen LogP contribution is -2.50. The van der Waals surface area contributed by atoms with Gasteiger partial charge in [-0.1, -0.05) is 12.1 Å². The largest absolute Gasteiger partial charge is 0.495 e. The number of nitrogens with zero attached hydrogens (tertiary/aromatic N) is 6. The van der Waals surface area contributed by atoms with Crippen LogP contribution in [-0.2, 0) is 0 Å². The molecule has 0 radical (unpaired) electrons. The number of methoxy groups -OCH3 is 1. The lowest BCUT2D eigenvalue weighted by molar-refractivity contribution is 0.208. The lowest BCUT2D eigenvalue weighted by Gasteiger charge is -2.35. The van der Waals surface area contributed by atoms with Gasteiger partial charge in [-0.15, -0.1) is 10.2 Å². The predicted molar refractivity (Wildman–Crippen MR) is 114 cm³/mol. The van der Waals surface area contributed by atoms with Crippen molar-refractivity contribution in [3.8, 4) is 11.6 Å². The molecular formula is C21H25N7O2. The van der Waals surface area contributed by atoms with Crippen LogP contribution in [0.25, 0.3) is 5.82 Å². The van der Waals surface area contributed by atoms with E-state index in [2.05, 4.69) is 25.5 Å². The molecule has 2 amide bonds. The summed E-state index contributed by atoms with van der Waals surface area (Å²) in [7, 11) is 1.59. The third-order valence-electron chi connectivity index (χ3n) is 5.10. The third kappa shape index (κ3) is 4.05. The number of aryl methyl sites for hydroxylation is 2. The molecule has 0 atom stereocenters. The van der Waals surface area contributed by atoms with Crippen LogP contribution < -0.4 is 15.0 Å². The molecule has 1 aliphatic rings. The Labute approximate surface area is 175 Å². The van der Waals surface area contributed by atoms with Crippen LogP contribution in [0.3, 0.4) is 0 Å². The monoisotopic (exact) mass is 407 g/mol. The van der Waals surface area contributed by atoms with Crippen molar-refractivity contribution >= 4 is 17.5 Å². The Balaban J connectivity index is 1.36. The predicted octanol–water partition coefficient (Wildman–Crippen LogP) is 2.64. The number of piperazine rings is 1. The normalized spacial score (nSPS) is 14.0. The molecule has 0 bridgehead atoms. The van der Waals surface area contributed by atoms with Crippen molar-refractivity contribution in [3.05, 3.63) is 53.9 Å². The number of para-hydroxylation sites is 2. The van der Waals surface area contributed by atoms with Gasteiger partial charge in [-0.3, -0.25) is 0 Å². The van der Waals surface area contributed by atoms with Crippen molar-refractivity contribution in [2.24, 2.45) is 0 Å². The Morgan fingerprint density at radius 3 is 2.33 bits per heavy atom. The van der Waals surface area contributed by atoms with Gasteiger partial charge in [0.05, 0.1) is 18.5 Å². The molecule has 9 heteroatoms. The fourth-order valence-corrected chi connectivity index (χ4v) is 3.54. The number of ether oxygens (including phenoxy) is 1. The molecule has 0 saturated carbocycles. The van der Waals surface area contributed by atoms with E-state index in [9.17, 15) is 4.79 Å². The van der Waals surface area contributed by atoms with Gasteiger partial charge in [-0.25, -0.2) is 9.48 Å². The van der Waals surface area contributed by atoms with E-state index >= 15 is 0 Å². The van der Waals surface area contributed by atoms with Gasteiger partial charge in [0, 0.05) is 31.9 Å². The number of rotatable bonds is 4. The quantitative estimate of drug-likeness (QED) is 0.715. The molecule has 9 nitrogen and oxygen atoms in total. The van der Waals surface area contributed by atoms with Crippen LogP contribution in [0.2, 0.25) is 0 Å². The number of anilines is 2. The summed E-state index contributed by atoms with van der Waals surface area (Å²) < 4.78 is 7.08. The second-order valence-corrected chi connectivity index (χ2v) is 7.19. The number of hydrogen-bond acceptors (Lipinski definition) is 6. The van der Waals surface area contributed by atoms with Gasteiger partial charge in [0.2, 0.25) is 0 Å². The molecular weight excluding hydrogens is 382 g/mol. The summed E-state index contributed by atoms with van der Waals surface area (Å²) >= 11 is 0. The van der Waals surface area contributed by atoms with E-state index in [1.165, 1.54) is 0 Å². The van der Waals surface area contributed by atoms with Gasteiger partial charge < -0.3 is 19.9 Å². The van der Waals surface area contributed by atoms with Crippen molar-refractivity contribution < 1.29 is 9.53 Å². The fraction of sp³-hybridized carbons (Fsp3) is 0.333. The topological polar surface area (TPSA) is 88.4 Å². The first-order valence-electron chi connectivity index (χ1n) is 9.86. The Bertz CT molecular complexity index is 1020.